The highest BCUT2D eigenvalue weighted by molar-refractivity contribution is 6.30. The van der Waals surface area contributed by atoms with E-state index in [9.17, 15) is 0 Å². The smallest absolute Gasteiger partial charge is 0.189 e. The molecule has 126 valence electrons. The summed E-state index contributed by atoms with van der Waals surface area (Å²) >= 11 is 6.04. The maximum absolute atomic E-state index is 6.06. The van der Waals surface area contributed by atoms with Gasteiger partial charge in [0, 0.05) is 22.6 Å². The highest BCUT2D eigenvalue weighted by Crippen LogP contribution is 2.31. The van der Waals surface area contributed by atoms with Gasteiger partial charge in [0.2, 0.25) is 0 Å². The summed E-state index contributed by atoms with van der Waals surface area (Å²) in [5.41, 5.74) is 8.05. The Hall–Kier alpha value is -2.40. The zero-order chi connectivity index (χ0) is 16.9. The molecule has 0 bridgehead atoms. The largest absolute Gasteiger partial charge is 0.496 e. The van der Waals surface area contributed by atoms with Gasteiger partial charge in [0.05, 0.1) is 26.3 Å². The molecule has 24 heavy (non-hydrogen) atoms. The molecule has 2 aromatic rings. The van der Waals surface area contributed by atoms with Crippen LogP contribution in [0.25, 0.3) is 0 Å². The lowest BCUT2D eigenvalue weighted by Crippen LogP contribution is -2.37. The number of hydrogen-bond donors (Lipinski definition) is 2. The zero-order valence-corrected chi connectivity index (χ0v) is 14.2. The molecule has 1 aliphatic heterocycles. The molecule has 1 unspecified atom stereocenters. The van der Waals surface area contributed by atoms with Crippen molar-refractivity contribution in [2.45, 2.75) is 19.0 Å². The lowest BCUT2D eigenvalue weighted by Gasteiger charge is -2.26. The van der Waals surface area contributed by atoms with Gasteiger partial charge in [0.1, 0.15) is 11.5 Å². The maximum atomic E-state index is 6.06. The van der Waals surface area contributed by atoms with Gasteiger partial charge in [-0.25, -0.2) is 4.99 Å². The molecule has 6 heteroatoms. The Morgan fingerprint density at radius 1 is 1.38 bits per heavy atom. The molecular formula is C18H20ClN3O2. The van der Waals surface area contributed by atoms with Gasteiger partial charge in [-0.2, -0.15) is 0 Å². The molecule has 0 aliphatic carbocycles. The van der Waals surface area contributed by atoms with Gasteiger partial charge in [-0.15, -0.1) is 0 Å². The van der Waals surface area contributed by atoms with Crippen molar-refractivity contribution < 1.29 is 9.47 Å². The first kappa shape index (κ1) is 16.5. The SMILES string of the molecule is COc1ccc(Cl)cc1CN=C(N)NC1CCOc2ccccc21. The average Bonchev–Trinajstić information content (AvgIpc) is 2.60. The number of nitrogens with one attached hydrogen (secondary N) is 1. The van der Waals surface area contributed by atoms with Gasteiger partial charge < -0.3 is 20.5 Å². The number of aliphatic imine (C=N–C) groups is 1. The maximum Gasteiger partial charge on any atom is 0.189 e. The summed E-state index contributed by atoms with van der Waals surface area (Å²) in [6.07, 6.45) is 0.841. The predicted molar refractivity (Wildman–Crippen MR) is 95.8 cm³/mol. The van der Waals surface area contributed by atoms with Gasteiger partial charge >= 0.3 is 0 Å². The molecule has 0 saturated heterocycles. The first-order valence-corrected chi connectivity index (χ1v) is 8.16. The van der Waals surface area contributed by atoms with E-state index in [0.29, 0.717) is 24.1 Å². The minimum Gasteiger partial charge on any atom is -0.496 e. The van der Waals surface area contributed by atoms with Crippen LogP contribution in [0.4, 0.5) is 0 Å². The second-order valence-corrected chi connectivity index (χ2v) is 5.97. The molecule has 2 aromatic carbocycles. The normalized spacial score (nSPS) is 16.9. The number of halogens is 1. The van der Waals surface area contributed by atoms with Crippen LogP contribution in [0.1, 0.15) is 23.6 Å². The third-order valence-electron chi connectivity index (χ3n) is 3.94. The Balaban J connectivity index is 1.71. The van der Waals surface area contributed by atoms with Gasteiger partial charge in [0.25, 0.3) is 0 Å². The number of rotatable bonds is 4. The fourth-order valence-corrected chi connectivity index (χ4v) is 2.95. The van der Waals surface area contributed by atoms with Crippen LogP contribution >= 0.6 is 11.6 Å². The molecule has 0 radical (unpaired) electrons. The summed E-state index contributed by atoms with van der Waals surface area (Å²) in [5, 5.41) is 3.92. The van der Waals surface area contributed by atoms with Crippen LogP contribution in [0.2, 0.25) is 5.02 Å². The number of nitrogens with two attached hydrogens (primary N) is 1. The Bertz CT molecular complexity index is 749. The van der Waals surface area contributed by atoms with Crippen LogP contribution in [0.3, 0.4) is 0 Å². The van der Waals surface area contributed by atoms with Crippen LogP contribution in [0.5, 0.6) is 11.5 Å². The summed E-state index contributed by atoms with van der Waals surface area (Å²) < 4.78 is 11.0. The minimum absolute atomic E-state index is 0.0972. The monoisotopic (exact) mass is 345 g/mol. The van der Waals surface area contributed by atoms with E-state index >= 15 is 0 Å². The molecule has 3 N–H and O–H groups in total. The van der Waals surface area contributed by atoms with Crippen molar-refractivity contribution in [1.29, 1.82) is 0 Å². The van der Waals surface area contributed by atoms with E-state index in [4.69, 9.17) is 26.8 Å². The lowest BCUT2D eigenvalue weighted by atomic mass is 10.0. The van der Waals surface area contributed by atoms with E-state index in [1.54, 1.807) is 13.2 Å². The fraction of sp³-hybridized carbons (Fsp3) is 0.278. The van der Waals surface area contributed by atoms with Gasteiger partial charge in [-0.3, -0.25) is 0 Å². The molecule has 1 heterocycles. The van der Waals surface area contributed by atoms with Crippen molar-refractivity contribution in [2.75, 3.05) is 13.7 Å². The molecule has 3 rings (SSSR count). The van der Waals surface area contributed by atoms with Crippen molar-refractivity contribution >= 4 is 17.6 Å². The molecule has 0 fully saturated rings. The molecule has 1 atom stereocenters. The molecular weight excluding hydrogens is 326 g/mol. The number of benzene rings is 2. The van der Waals surface area contributed by atoms with Crippen LogP contribution in [-0.2, 0) is 6.54 Å². The number of ether oxygens (including phenoxy) is 2. The first-order valence-electron chi connectivity index (χ1n) is 7.78. The summed E-state index contributed by atoms with van der Waals surface area (Å²) in [5.74, 6) is 2.02. The number of methoxy groups -OCH3 is 1. The first-order chi connectivity index (χ1) is 11.7. The average molecular weight is 346 g/mol. The van der Waals surface area contributed by atoms with Crippen molar-refractivity contribution in [2.24, 2.45) is 10.7 Å². The summed E-state index contributed by atoms with van der Waals surface area (Å²) in [7, 11) is 1.62. The van der Waals surface area contributed by atoms with E-state index in [1.807, 2.05) is 36.4 Å². The molecule has 0 saturated carbocycles. The van der Waals surface area contributed by atoms with Gasteiger partial charge in [-0.1, -0.05) is 29.8 Å². The summed E-state index contributed by atoms with van der Waals surface area (Å²) in [4.78, 5) is 4.42. The molecule has 1 aliphatic rings. The molecule has 5 nitrogen and oxygen atoms in total. The van der Waals surface area contributed by atoms with Crippen molar-refractivity contribution in [3.63, 3.8) is 0 Å². The molecule has 0 aromatic heterocycles. The quantitative estimate of drug-likeness (QED) is 0.659. The van der Waals surface area contributed by atoms with Crippen molar-refractivity contribution in [3.05, 3.63) is 58.6 Å². The number of fused-ring (bicyclic) bond motifs is 1. The van der Waals surface area contributed by atoms with Gasteiger partial charge in [0.15, 0.2) is 5.96 Å². The van der Waals surface area contributed by atoms with Crippen LogP contribution < -0.4 is 20.5 Å². The number of para-hydroxylation sites is 1. The van der Waals surface area contributed by atoms with Crippen LogP contribution in [-0.4, -0.2) is 19.7 Å². The summed E-state index contributed by atoms with van der Waals surface area (Å²) in [6.45, 7) is 1.05. The highest BCUT2D eigenvalue weighted by Gasteiger charge is 2.21. The molecule has 0 spiro atoms. The van der Waals surface area contributed by atoms with E-state index in [2.05, 4.69) is 10.3 Å². The van der Waals surface area contributed by atoms with Crippen molar-refractivity contribution in [1.82, 2.24) is 5.32 Å². The summed E-state index contributed by atoms with van der Waals surface area (Å²) in [6, 6.07) is 13.5. The predicted octanol–water partition coefficient (Wildman–Crippen LogP) is 3.28. The third kappa shape index (κ3) is 3.74. The number of hydrogen-bond acceptors (Lipinski definition) is 3. The van der Waals surface area contributed by atoms with Crippen molar-refractivity contribution in [3.8, 4) is 11.5 Å². The topological polar surface area (TPSA) is 68.9 Å². The second-order valence-electron chi connectivity index (χ2n) is 5.53. The van der Waals surface area contributed by atoms with Crippen LogP contribution in [0.15, 0.2) is 47.5 Å². The minimum atomic E-state index is 0.0972. The van der Waals surface area contributed by atoms with E-state index in [1.165, 1.54) is 0 Å². The standard InChI is InChI=1S/C18H20ClN3O2/c1-23-16-7-6-13(19)10-12(16)11-21-18(20)22-15-8-9-24-17-5-3-2-4-14(15)17/h2-7,10,15H,8-9,11H2,1H3,(H3,20,21,22). The Morgan fingerprint density at radius 2 is 2.21 bits per heavy atom. The Labute approximate surface area is 146 Å². The molecule has 0 amide bonds. The Morgan fingerprint density at radius 3 is 3.04 bits per heavy atom. The van der Waals surface area contributed by atoms with E-state index in [0.717, 1.165) is 29.0 Å². The van der Waals surface area contributed by atoms with Gasteiger partial charge in [-0.05, 0) is 24.3 Å². The zero-order valence-electron chi connectivity index (χ0n) is 13.5. The van der Waals surface area contributed by atoms with E-state index in [-0.39, 0.29) is 6.04 Å². The Kier molecular flexibility index (Phi) is 5.11. The van der Waals surface area contributed by atoms with E-state index < -0.39 is 0 Å². The number of guanidine groups is 1. The van der Waals surface area contributed by atoms with Crippen LogP contribution in [0, 0.1) is 0 Å². The second kappa shape index (κ2) is 7.45. The third-order valence-corrected chi connectivity index (χ3v) is 4.18. The number of nitrogens with zero attached hydrogens (tertiary/aromatic N) is 1. The fourth-order valence-electron chi connectivity index (χ4n) is 2.76. The highest BCUT2D eigenvalue weighted by atomic mass is 35.5. The lowest BCUT2D eigenvalue weighted by molar-refractivity contribution is 0.262.